The Kier molecular flexibility index (Phi) is 3.77. The minimum absolute atomic E-state index is 0.0458. The highest BCUT2D eigenvalue weighted by atomic mass is 16.1. The highest BCUT2D eigenvalue weighted by Gasteiger charge is 2.23. The Labute approximate surface area is 127 Å². The summed E-state index contributed by atoms with van der Waals surface area (Å²) in [6.07, 6.45) is 0. The van der Waals surface area contributed by atoms with Crippen LogP contribution in [0.1, 0.15) is 6.92 Å². The van der Waals surface area contributed by atoms with Gasteiger partial charge in [0.1, 0.15) is 0 Å². The van der Waals surface area contributed by atoms with Gasteiger partial charge in [-0.15, -0.1) is 17.5 Å². The van der Waals surface area contributed by atoms with Crippen molar-refractivity contribution >= 4 is 23.1 Å². The lowest BCUT2D eigenvalue weighted by molar-refractivity contribution is 0.573. The fourth-order valence-corrected chi connectivity index (χ4v) is 2.49. The first kappa shape index (κ1) is 14.1. The average Bonchev–Trinajstić information content (AvgIpc) is 2.92. The summed E-state index contributed by atoms with van der Waals surface area (Å²) in [5, 5.41) is 3.28. The lowest BCUT2D eigenvalue weighted by atomic mass is 10.4. The summed E-state index contributed by atoms with van der Waals surface area (Å²) in [6.45, 7) is 12.4. The highest BCUT2D eigenvalue weighted by Crippen LogP contribution is 2.20. The maximum absolute atomic E-state index is 12.3. The molecule has 3 rings (SSSR count). The van der Waals surface area contributed by atoms with Gasteiger partial charge in [-0.05, 0) is 6.92 Å². The molecule has 0 aromatic carbocycles. The van der Waals surface area contributed by atoms with Crippen LogP contribution in [0.25, 0.3) is 16.0 Å². The van der Waals surface area contributed by atoms with Gasteiger partial charge in [0.2, 0.25) is 11.6 Å². The lowest BCUT2D eigenvalue weighted by Gasteiger charge is -2.28. The van der Waals surface area contributed by atoms with Crippen molar-refractivity contribution in [3.05, 3.63) is 21.8 Å². The van der Waals surface area contributed by atoms with E-state index in [2.05, 4.69) is 41.9 Å². The fourth-order valence-electron chi connectivity index (χ4n) is 2.49. The zero-order valence-corrected chi connectivity index (χ0v) is 12.2. The predicted molar refractivity (Wildman–Crippen MR) is 82.9 cm³/mol. The molecule has 1 saturated heterocycles. The Bertz CT molecular complexity index is 855. The van der Waals surface area contributed by atoms with Crippen LogP contribution >= 0.6 is 0 Å². The first-order chi connectivity index (χ1) is 10.7. The van der Waals surface area contributed by atoms with Gasteiger partial charge in [0.15, 0.2) is 5.52 Å². The number of aromatic amines is 1. The number of fused-ring (bicyclic) bond motifs is 1. The Hall–Kier alpha value is -2.84. The Morgan fingerprint density at radius 2 is 2.14 bits per heavy atom. The van der Waals surface area contributed by atoms with Gasteiger partial charge in [-0.25, -0.2) is 0 Å². The molecule has 2 aromatic heterocycles. The summed E-state index contributed by atoms with van der Waals surface area (Å²) in [5.74, 6) is 6.43. The van der Waals surface area contributed by atoms with Gasteiger partial charge in [0.05, 0.1) is 6.54 Å². The maximum Gasteiger partial charge on any atom is 0.341 e. The van der Waals surface area contributed by atoms with E-state index in [0.717, 1.165) is 26.2 Å². The van der Waals surface area contributed by atoms with E-state index < -0.39 is 0 Å². The molecule has 2 aromatic rings. The summed E-state index contributed by atoms with van der Waals surface area (Å²) in [5.41, 5.74) is 0.299. The second kappa shape index (κ2) is 5.88. The molecule has 1 aliphatic rings. The van der Waals surface area contributed by atoms with E-state index in [1.807, 2.05) is 0 Å². The van der Waals surface area contributed by atoms with Crippen LogP contribution in [0.3, 0.4) is 0 Å². The molecule has 0 spiro atoms. The fraction of sp³-hybridized carbons (Fsp3) is 0.429. The van der Waals surface area contributed by atoms with Crippen molar-refractivity contribution in [1.29, 1.82) is 0 Å². The van der Waals surface area contributed by atoms with Crippen LogP contribution in [0, 0.1) is 18.4 Å². The third-order valence-corrected chi connectivity index (χ3v) is 3.50. The zero-order chi connectivity index (χ0) is 15.5. The summed E-state index contributed by atoms with van der Waals surface area (Å²) < 4.78 is 1.77. The molecular weight excluding hydrogens is 282 g/mol. The average molecular weight is 297 g/mol. The molecule has 0 unspecified atom stereocenters. The van der Waals surface area contributed by atoms with E-state index in [0.29, 0.717) is 23.7 Å². The lowest BCUT2D eigenvalue weighted by Crippen LogP contribution is -2.44. The molecule has 2 N–H and O–H groups in total. The molecule has 0 bridgehead atoms. The van der Waals surface area contributed by atoms with Crippen molar-refractivity contribution in [2.24, 2.45) is 0 Å². The Balaban J connectivity index is 2.20. The monoisotopic (exact) mass is 297 g/mol. The third-order valence-electron chi connectivity index (χ3n) is 3.50. The topological polar surface area (TPSA) is 83.2 Å². The normalized spacial score (nSPS) is 14.5. The van der Waals surface area contributed by atoms with Crippen LogP contribution in [0.15, 0.2) is 4.79 Å². The number of anilines is 1. The number of imidazole rings is 1. The molecule has 112 valence electrons. The summed E-state index contributed by atoms with van der Waals surface area (Å²) in [4.78, 5) is 28.6. The van der Waals surface area contributed by atoms with Crippen LogP contribution in [-0.4, -0.2) is 45.7 Å². The number of piperazine rings is 1. The highest BCUT2D eigenvalue weighted by molar-refractivity contribution is 5.75. The van der Waals surface area contributed by atoms with Crippen molar-refractivity contribution in [1.82, 2.24) is 24.8 Å². The number of nitrogens with one attached hydrogen (secondary N) is 2. The zero-order valence-electron chi connectivity index (χ0n) is 12.2. The molecule has 0 aliphatic carbocycles. The van der Waals surface area contributed by atoms with Crippen LogP contribution in [-0.2, 0) is 6.54 Å². The molecule has 8 nitrogen and oxygen atoms in total. The predicted octanol–water partition coefficient (Wildman–Crippen LogP) is 0.103. The maximum atomic E-state index is 12.3. The van der Waals surface area contributed by atoms with Gasteiger partial charge in [0.25, 0.3) is 0 Å². The van der Waals surface area contributed by atoms with Crippen molar-refractivity contribution in [3.8, 4) is 11.8 Å². The van der Waals surface area contributed by atoms with Crippen molar-refractivity contribution < 1.29 is 0 Å². The Morgan fingerprint density at radius 1 is 1.36 bits per heavy atom. The summed E-state index contributed by atoms with van der Waals surface area (Å²) in [7, 11) is 0. The third kappa shape index (κ3) is 2.41. The van der Waals surface area contributed by atoms with Crippen LogP contribution in [0.2, 0.25) is 0 Å². The number of hydrogen-bond acceptors (Lipinski definition) is 5. The number of rotatable bonds is 2. The van der Waals surface area contributed by atoms with E-state index in [1.165, 1.54) is 0 Å². The van der Waals surface area contributed by atoms with Crippen molar-refractivity contribution in [2.75, 3.05) is 31.1 Å². The van der Waals surface area contributed by atoms with Crippen LogP contribution in [0.4, 0.5) is 11.9 Å². The van der Waals surface area contributed by atoms with Crippen LogP contribution in [0.5, 0.6) is 0 Å². The van der Waals surface area contributed by atoms with E-state index in [1.54, 1.807) is 11.5 Å². The first-order valence-electron chi connectivity index (χ1n) is 6.98. The molecule has 0 atom stereocenters. The van der Waals surface area contributed by atoms with Gasteiger partial charge in [0, 0.05) is 26.2 Å². The standard InChI is InChI=1S/C14H15N7O/c1-3-4-7-21-10-11(17-13(15-2)19-12(10)22)18-14(21)20-8-5-16-6-9-20/h16H,5-9H2,1H3,(H,17,19,22). The van der Waals surface area contributed by atoms with Gasteiger partial charge in [-0.1, -0.05) is 5.92 Å². The first-order valence-corrected chi connectivity index (χ1v) is 6.98. The molecule has 0 amide bonds. The van der Waals surface area contributed by atoms with E-state index in [-0.39, 0.29) is 11.5 Å². The van der Waals surface area contributed by atoms with Gasteiger partial charge >= 0.3 is 11.5 Å². The Morgan fingerprint density at radius 3 is 2.82 bits per heavy atom. The van der Waals surface area contributed by atoms with E-state index in [4.69, 9.17) is 6.57 Å². The molecule has 1 aliphatic heterocycles. The van der Waals surface area contributed by atoms with Gasteiger partial charge < -0.3 is 15.1 Å². The molecule has 1 fully saturated rings. The smallest absolute Gasteiger partial charge is 0.341 e. The number of aromatic nitrogens is 4. The SMILES string of the molecule is [C-]#[N+]c1nc2nc(N3CCNCC3)n(CC#CC)c2c(=O)[nH]1. The second-order valence-corrected chi connectivity index (χ2v) is 4.84. The van der Waals surface area contributed by atoms with Crippen LogP contribution < -0.4 is 15.8 Å². The van der Waals surface area contributed by atoms with E-state index >= 15 is 0 Å². The van der Waals surface area contributed by atoms with Gasteiger partial charge in [-0.2, -0.15) is 4.98 Å². The number of hydrogen-bond donors (Lipinski definition) is 2. The summed E-state index contributed by atoms with van der Waals surface area (Å²) >= 11 is 0. The quantitative estimate of drug-likeness (QED) is 0.607. The van der Waals surface area contributed by atoms with E-state index in [9.17, 15) is 4.79 Å². The van der Waals surface area contributed by atoms with Crippen molar-refractivity contribution in [3.63, 3.8) is 0 Å². The largest absolute Gasteiger partial charge is 0.397 e. The summed E-state index contributed by atoms with van der Waals surface area (Å²) in [6, 6.07) is 0. The minimum Gasteiger partial charge on any atom is -0.397 e. The molecule has 3 heterocycles. The molecule has 0 radical (unpaired) electrons. The molecule has 22 heavy (non-hydrogen) atoms. The minimum atomic E-state index is -0.359. The second-order valence-electron chi connectivity index (χ2n) is 4.84. The van der Waals surface area contributed by atoms with Crippen molar-refractivity contribution in [2.45, 2.75) is 13.5 Å². The van der Waals surface area contributed by atoms with Gasteiger partial charge in [-0.3, -0.25) is 14.3 Å². The number of nitrogens with zero attached hydrogens (tertiary/aromatic N) is 5. The molecule has 0 saturated carbocycles. The molecule has 8 heteroatoms. The molecular formula is C14H15N7O. The number of H-pyrrole nitrogens is 1.